The van der Waals surface area contributed by atoms with Crippen LogP contribution in [-0.2, 0) is 23.7 Å². The fourth-order valence-corrected chi connectivity index (χ4v) is 2.53. The Balaban J connectivity index is 2.27. The predicted octanol–water partition coefficient (Wildman–Crippen LogP) is 0.789. The summed E-state index contributed by atoms with van der Waals surface area (Å²) in [5.74, 6) is -2.22. The summed E-state index contributed by atoms with van der Waals surface area (Å²) < 4.78 is 28.1. The molecule has 2 aliphatic rings. The van der Waals surface area contributed by atoms with Gasteiger partial charge in [-0.15, -0.1) is 6.58 Å². The molecule has 2 heterocycles. The van der Waals surface area contributed by atoms with Gasteiger partial charge in [0.2, 0.25) is 11.6 Å². The van der Waals surface area contributed by atoms with Gasteiger partial charge in [-0.25, -0.2) is 0 Å². The standard InChI is InChI=1S/C13H22O6/c1-6-7-8-9-10(11(14)17-8)19-13(3,16-5)12(2,15-4)18-9/h6,8-11,14H,1,7H2,2-5H3/t8-,9+,10-,11?,12-,13-/m0/s1. The van der Waals surface area contributed by atoms with E-state index in [1.165, 1.54) is 14.2 Å². The fourth-order valence-electron chi connectivity index (χ4n) is 2.53. The first kappa shape index (κ1) is 14.9. The molecule has 6 atom stereocenters. The van der Waals surface area contributed by atoms with Crippen molar-refractivity contribution in [1.29, 1.82) is 0 Å². The number of methoxy groups -OCH3 is 2. The van der Waals surface area contributed by atoms with Crippen LogP contribution < -0.4 is 0 Å². The Morgan fingerprint density at radius 1 is 1.16 bits per heavy atom. The van der Waals surface area contributed by atoms with Gasteiger partial charge >= 0.3 is 0 Å². The van der Waals surface area contributed by atoms with E-state index in [1.54, 1.807) is 19.9 Å². The van der Waals surface area contributed by atoms with Gasteiger partial charge in [-0.1, -0.05) is 6.08 Å². The van der Waals surface area contributed by atoms with Crippen LogP contribution in [0.4, 0.5) is 0 Å². The molecule has 6 heteroatoms. The van der Waals surface area contributed by atoms with Crippen LogP contribution in [0.25, 0.3) is 0 Å². The highest BCUT2D eigenvalue weighted by Gasteiger charge is 2.62. The molecular weight excluding hydrogens is 252 g/mol. The average molecular weight is 274 g/mol. The normalized spacial score (nSPS) is 49.9. The van der Waals surface area contributed by atoms with E-state index in [-0.39, 0.29) is 6.10 Å². The first-order valence-corrected chi connectivity index (χ1v) is 6.31. The third kappa shape index (κ3) is 2.22. The lowest BCUT2D eigenvalue weighted by Crippen LogP contribution is -2.66. The van der Waals surface area contributed by atoms with E-state index < -0.39 is 30.1 Å². The third-order valence-electron chi connectivity index (χ3n) is 4.01. The van der Waals surface area contributed by atoms with Crippen LogP contribution in [0.1, 0.15) is 20.3 Å². The molecule has 110 valence electrons. The second-order valence-corrected chi connectivity index (χ2v) is 5.05. The SMILES string of the molecule is C=CC[C@@H]1OC(O)[C@H]2O[C@](C)(OC)[C@@](C)(OC)O[C@H]12. The molecule has 0 radical (unpaired) electrons. The van der Waals surface area contributed by atoms with Crippen molar-refractivity contribution in [3.63, 3.8) is 0 Å². The fraction of sp³-hybridized carbons (Fsp3) is 0.846. The molecule has 2 rings (SSSR count). The van der Waals surface area contributed by atoms with Gasteiger partial charge in [0.05, 0.1) is 6.10 Å². The van der Waals surface area contributed by atoms with Gasteiger partial charge in [-0.05, 0) is 20.3 Å². The molecule has 1 unspecified atom stereocenters. The van der Waals surface area contributed by atoms with Crippen molar-refractivity contribution in [1.82, 2.24) is 0 Å². The lowest BCUT2D eigenvalue weighted by molar-refractivity contribution is -0.449. The lowest BCUT2D eigenvalue weighted by atomic mass is 10.0. The molecule has 0 bridgehead atoms. The minimum Gasteiger partial charge on any atom is -0.366 e. The molecule has 0 amide bonds. The van der Waals surface area contributed by atoms with Crippen molar-refractivity contribution >= 4 is 0 Å². The Labute approximate surface area is 113 Å². The zero-order chi connectivity index (χ0) is 14.3. The van der Waals surface area contributed by atoms with Crippen molar-refractivity contribution in [3.8, 4) is 0 Å². The monoisotopic (exact) mass is 274 g/mol. The van der Waals surface area contributed by atoms with Crippen LogP contribution in [0.3, 0.4) is 0 Å². The summed E-state index contributed by atoms with van der Waals surface area (Å²) in [6, 6.07) is 0. The van der Waals surface area contributed by atoms with Crippen molar-refractivity contribution in [2.24, 2.45) is 0 Å². The molecule has 1 N–H and O–H groups in total. The highest BCUT2D eigenvalue weighted by Crippen LogP contribution is 2.44. The van der Waals surface area contributed by atoms with E-state index in [9.17, 15) is 5.11 Å². The second-order valence-electron chi connectivity index (χ2n) is 5.05. The Kier molecular flexibility index (Phi) is 4.02. The summed E-state index contributed by atoms with van der Waals surface area (Å²) in [5, 5.41) is 9.93. The Bertz CT molecular complexity index is 348. The highest BCUT2D eigenvalue weighted by molar-refractivity contribution is 4.99. The molecule has 6 nitrogen and oxygen atoms in total. The molecule has 2 saturated heterocycles. The van der Waals surface area contributed by atoms with E-state index in [4.69, 9.17) is 23.7 Å². The third-order valence-corrected chi connectivity index (χ3v) is 4.01. The van der Waals surface area contributed by atoms with Crippen LogP contribution >= 0.6 is 0 Å². The number of aliphatic hydroxyl groups excluding tert-OH is 1. The number of hydrogen-bond donors (Lipinski definition) is 1. The molecule has 0 aromatic heterocycles. The second kappa shape index (κ2) is 5.12. The van der Waals surface area contributed by atoms with Gasteiger partial charge in [0.15, 0.2) is 6.29 Å². The zero-order valence-corrected chi connectivity index (χ0v) is 11.8. The first-order chi connectivity index (χ1) is 8.90. The van der Waals surface area contributed by atoms with E-state index in [2.05, 4.69) is 6.58 Å². The number of aliphatic hydroxyl groups is 1. The highest BCUT2D eigenvalue weighted by atomic mass is 16.8. The van der Waals surface area contributed by atoms with Crippen LogP contribution in [0.2, 0.25) is 0 Å². The lowest BCUT2D eigenvalue weighted by Gasteiger charge is -2.50. The van der Waals surface area contributed by atoms with Crippen LogP contribution in [-0.4, -0.2) is 55.5 Å². The summed E-state index contributed by atoms with van der Waals surface area (Å²) in [7, 11) is 3.03. The van der Waals surface area contributed by atoms with Gasteiger partial charge in [0, 0.05) is 14.2 Å². The van der Waals surface area contributed by atoms with Crippen LogP contribution in [0.5, 0.6) is 0 Å². The van der Waals surface area contributed by atoms with Gasteiger partial charge < -0.3 is 28.8 Å². The predicted molar refractivity (Wildman–Crippen MR) is 66.3 cm³/mol. The number of fused-ring (bicyclic) bond motifs is 1. The van der Waals surface area contributed by atoms with Crippen LogP contribution in [0.15, 0.2) is 12.7 Å². The topological polar surface area (TPSA) is 66.4 Å². The quantitative estimate of drug-likeness (QED) is 0.765. The maximum atomic E-state index is 9.93. The summed E-state index contributed by atoms with van der Waals surface area (Å²) in [5.41, 5.74) is 0. The van der Waals surface area contributed by atoms with Crippen molar-refractivity contribution in [3.05, 3.63) is 12.7 Å². The van der Waals surface area contributed by atoms with E-state index in [0.29, 0.717) is 6.42 Å². The smallest absolute Gasteiger partial charge is 0.220 e. The molecule has 2 aliphatic heterocycles. The summed E-state index contributed by atoms with van der Waals surface area (Å²) in [4.78, 5) is 0. The number of rotatable bonds is 4. The largest absolute Gasteiger partial charge is 0.366 e. The van der Waals surface area contributed by atoms with Gasteiger partial charge in [0.25, 0.3) is 0 Å². The molecule has 19 heavy (non-hydrogen) atoms. The van der Waals surface area contributed by atoms with E-state index >= 15 is 0 Å². The first-order valence-electron chi connectivity index (χ1n) is 6.31. The molecule has 2 fully saturated rings. The number of ether oxygens (including phenoxy) is 5. The molecule has 0 spiro atoms. The Morgan fingerprint density at radius 3 is 2.16 bits per heavy atom. The van der Waals surface area contributed by atoms with Gasteiger partial charge in [0.1, 0.15) is 12.2 Å². The van der Waals surface area contributed by atoms with E-state index in [0.717, 1.165) is 0 Å². The maximum absolute atomic E-state index is 9.93. The van der Waals surface area contributed by atoms with Gasteiger partial charge in [-0.2, -0.15) is 0 Å². The molecule has 0 saturated carbocycles. The molecule has 0 aromatic rings. The summed E-state index contributed by atoms with van der Waals surface area (Å²) in [6.07, 6.45) is -0.124. The molecular formula is C13H22O6. The number of hydrogen-bond acceptors (Lipinski definition) is 6. The van der Waals surface area contributed by atoms with Crippen molar-refractivity contribution in [2.45, 2.75) is 56.4 Å². The van der Waals surface area contributed by atoms with Crippen molar-refractivity contribution in [2.75, 3.05) is 14.2 Å². The van der Waals surface area contributed by atoms with Crippen LogP contribution in [0, 0.1) is 0 Å². The minimum atomic E-state index is -1.13. The van der Waals surface area contributed by atoms with Crippen molar-refractivity contribution < 1.29 is 28.8 Å². The summed E-state index contributed by atoms with van der Waals surface area (Å²) >= 11 is 0. The molecule has 0 aliphatic carbocycles. The summed E-state index contributed by atoms with van der Waals surface area (Å²) in [6.45, 7) is 7.12. The van der Waals surface area contributed by atoms with E-state index in [1.807, 2.05) is 0 Å². The molecule has 0 aromatic carbocycles. The zero-order valence-electron chi connectivity index (χ0n) is 11.8. The van der Waals surface area contributed by atoms with Gasteiger partial charge in [-0.3, -0.25) is 0 Å². The maximum Gasteiger partial charge on any atom is 0.220 e. The Hall–Kier alpha value is -0.500. The minimum absolute atomic E-state index is 0.312. The average Bonchev–Trinajstić information content (AvgIpc) is 2.67. The Morgan fingerprint density at radius 2 is 1.68 bits per heavy atom.